The fourth-order valence-electron chi connectivity index (χ4n) is 3.49. The first-order chi connectivity index (χ1) is 15.8. The van der Waals surface area contributed by atoms with Crippen molar-refractivity contribution in [3.8, 4) is 0 Å². The molecule has 1 aliphatic heterocycles. The number of fused-ring (bicyclic) bond motifs is 1. The number of benzene rings is 1. The van der Waals surface area contributed by atoms with Gasteiger partial charge in [0.05, 0.1) is 18.2 Å². The molecule has 0 radical (unpaired) electrons. The molecule has 11 heteroatoms. The molecule has 1 saturated carbocycles. The lowest BCUT2D eigenvalue weighted by atomic mass is 10.1. The summed E-state index contributed by atoms with van der Waals surface area (Å²) < 4.78 is 42.7. The van der Waals surface area contributed by atoms with Crippen LogP contribution in [0.25, 0.3) is 11.7 Å². The Balaban J connectivity index is 1.55. The topological polar surface area (TPSA) is 100 Å². The molecule has 0 bridgehead atoms. The number of halogens is 3. The smallest absolute Gasteiger partial charge is 0.260 e. The fourth-order valence-corrected chi connectivity index (χ4v) is 3.49. The summed E-state index contributed by atoms with van der Waals surface area (Å²) >= 11 is 0. The summed E-state index contributed by atoms with van der Waals surface area (Å²) in [6, 6.07) is 2.70. The van der Waals surface area contributed by atoms with E-state index in [2.05, 4.69) is 32.6 Å². The Morgan fingerprint density at radius 1 is 1.24 bits per heavy atom. The lowest BCUT2D eigenvalue weighted by Gasteiger charge is -2.11. The van der Waals surface area contributed by atoms with Crippen LogP contribution in [0.3, 0.4) is 0 Å². The number of nitrogens with zero attached hydrogens (tertiary/aromatic N) is 3. The van der Waals surface area contributed by atoms with Crippen molar-refractivity contribution in [2.75, 3.05) is 10.6 Å². The molecular weight excluding hydrogens is 437 g/mol. The molecular formula is C22H17F3N6O2. The van der Waals surface area contributed by atoms with Crippen LogP contribution in [0, 0.1) is 17.5 Å². The molecule has 5 rings (SSSR count). The van der Waals surface area contributed by atoms with Gasteiger partial charge in [-0.1, -0.05) is 6.58 Å². The number of allylic oxidation sites excluding steroid dienone is 1. The molecule has 2 fully saturated rings. The average Bonchev–Trinajstić information content (AvgIpc) is 3.39. The van der Waals surface area contributed by atoms with E-state index in [1.165, 1.54) is 10.6 Å². The normalized spacial score (nSPS) is 17.0. The van der Waals surface area contributed by atoms with Crippen LogP contribution in [0.5, 0.6) is 0 Å². The van der Waals surface area contributed by atoms with Crippen molar-refractivity contribution in [2.45, 2.75) is 25.3 Å². The number of carbonyl (C=O) groups is 2. The molecule has 1 aromatic carbocycles. The van der Waals surface area contributed by atoms with Gasteiger partial charge in [-0.2, -0.15) is 9.61 Å². The van der Waals surface area contributed by atoms with E-state index >= 15 is 0 Å². The minimum absolute atomic E-state index is 0.0271. The number of anilines is 2. The number of nitrogens with one attached hydrogen (secondary N) is 3. The van der Waals surface area contributed by atoms with Gasteiger partial charge in [-0.05, 0) is 30.6 Å². The van der Waals surface area contributed by atoms with Crippen LogP contribution in [-0.4, -0.2) is 32.5 Å². The van der Waals surface area contributed by atoms with Gasteiger partial charge < -0.3 is 16.0 Å². The Labute approximate surface area is 185 Å². The molecule has 2 aliphatic rings. The van der Waals surface area contributed by atoms with Crippen LogP contribution in [0.15, 0.2) is 42.2 Å². The third kappa shape index (κ3) is 4.04. The van der Waals surface area contributed by atoms with Gasteiger partial charge in [0, 0.05) is 29.4 Å². The van der Waals surface area contributed by atoms with Crippen molar-refractivity contribution in [3.05, 3.63) is 70.8 Å². The Hall–Kier alpha value is -4.15. The van der Waals surface area contributed by atoms with E-state index in [0.29, 0.717) is 40.4 Å². The summed E-state index contributed by atoms with van der Waals surface area (Å²) in [6.07, 6.45) is 5.35. The highest BCUT2D eigenvalue weighted by Gasteiger charge is 2.25. The van der Waals surface area contributed by atoms with Gasteiger partial charge in [0.2, 0.25) is 5.91 Å². The summed E-state index contributed by atoms with van der Waals surface area (Å²) in [6.45, 7) is 3.81. The second-order valence-corrected chi connectivity index (χ2v) is 7.86. The number of amides is 2. The Morgan fingerprint density at radius 3 is 2.73 bits per heavy atom. The van der Waals surface area contributed by atoms with E-state index in [-0.39, 0.29) is 24.2 Å². The summed E-state index contributed by atoms with van der Waals surface area (Å²) in [5.41, 5.74) is 1.26. The summed E-state index contributed by atoms with van der Waals surface area (Å²) in [4.78, 5) is 28.6. The monoisotopic (exact) mass is 454 g/mol. The predicted octanol–water partition coefficient (Wildman–Crippen LogP) is 3.39. The molecule has 0 unspecified atom stereocenters. The predicted molar refractivity (Wildman–Crippen MR) is 114 cm³/mol. The van der Waals surface area contributed by atoms with Crippen molar-refractivity contribution in [2.24, 2.45) is 0 Å². The van der Waals surface area contributed by atoms with Gasteiger partial charge in [-0.15, -0.1) is 0 Å². The SMILES string of the molecule is C=C1NC(=O)C/C1=C\c1cnn2c(NC3CC3)cc(NC(=O)c3cc(F)cc(F)c3F)nc12. The zero-order chi connectivity index (χ0) is 23.3. The van der Waals surface area contributed by atoms with Crippen LogP contribution in [0.4, 0.5) is 24.8 Å². The van der Waals surface area contributed by atoms with Gasteiger partial charge >= 0.3 is 0 Å². The zero-order valence-corrected chi connectivity index (χ0v) is 17.1. The largest absolute Gasteiger partial charge is 0.367 e. The summed E-state index contributed by atoms with van der Waals surface area (Å²) in [5, 5.41) is 12.6. The molecule has 168 valence electrons. The van der Waals surface area contributed by atoms with Crippen LogP contribution in [-0.2, 0) is 4.79 Å². The maximum Gasteiger partial charge on any atom is 0.260 e. The van der Waals surface area contributed by atoms with Gasteiger partial charge in [0.15, 0.2) is 17.3 Å². The van der Waals surface area contributed by atoms with E-state index in [0.717, 1.165) is 12.8 Å². The highest BCUT2D eigenvalue weighted by molar-refractivity contribution is 6.04. The van der Waals surface area contributed by atoms with Crippen molar-refractivity contribution in [3.63, 3.8) is 0 Å². The van der Waals surface area contributed by atoms with E-state index in [9.17, 15) is 22.8 Å². The van der Waals surface area contributed by atoms with E-state index in [1.807, 2.05) is 0 Å². The molecule has 0 atom stereocenters. The van der Waals surface area contributed by atoms with Crippen molar-refractivity contribution in [1.29, 1.82) is 0 Å². The Kier molecular flexibility index (Phi) is 4.88. The number of hydrogen-bond donors (Lipinski definition) is 3. The van der Waals surface area contributed by atoms with Gasteiger partial charge in [0.1, 0.15) is 17.5 Å². The third-order valence-corrected chi connectivity index (χ3v) is 5.27. The summed E-state index contributed by atoms with van der Waals surface area (Å²) in [7, 11) is 0. The van der Waals surface area contributed by atoms with Crippen molar-refractivity contribution < 1.29 is 22.8 Å². The van der Waals surface area contributed by atoms with Gasteiger partial charge in [0.25, 0.3) is 5.91 Å². The maximum atomic E-state index is 14.1. The molecule has 3 heterocycles. The molecule has 8 nitrogen and oxygen atoms in total. The maximum absolute atomic E-state index is 14.1. The third-order valence-electron chi connectivity index (χ3n) is 5.27. The number of carbonyl (C=O) groups excluding carboxylic acids is 2. The van der Waals surface area contributed by atoms with Crippen LogP contribution >= 0.6 is 0 Å². The molecule has 3 N–H and O–H groups in total. The minimum Gasteiger partial charge on any atom is -0.367 e. The Bertz CT molecular complexity index is 1380. The molecule has 33 heavy (non-hydrogen) atoms. The quantitative estimate of drug-likeness (QED) is 0.513. The van der Waals surface area contributed by atoms with Crippen LogP contribution < -0.4 is 16.0 Å². The molecule has 2 amide bonds. The van der Waals surface area contributed by atoms with Crippen molar-refractivity contribution in [1.82, 2.24) is 19.9 Å². The van der Waals surface area contributed by atoms with Crippen LogP contribution in [0.2, 0.25) is 0 Å². The van der Waals surface area contributed by atoms with E-state index < -0.39 is 28.9 Å². The lowest BCUT2D eigenvalue weighted by molar-refractivity contribution is -0.118. The molecule has 2 aromatic heterocycles. The van der Waals surface area contributed by atoms with E-state index in [1.54, 1.807) is 12.3 Å². The standard InChI is InChI=1S/C22H17F3N6O2/c1-10-11(5-19(32)27-10)4-12-9-26-31-18(28-14-2-3-14)8-17(29-21(12)31)30-22(33)15-6-13(23)7-16(24)20(15)25/h4,6-9,14,28H,1-3,5H2,(H,27,32)(H,29,30,33)/b11-4+. The second-order valence-electron chi connectivity index (χ2n) is 7.86. The second kappa shape index (κ2) is 7.76. The first-order valence-corrected chi connectivity index (χ1v) is 10.1. The van der Waals surface area contributed by atoms with Gasteiger partial charge in [-0.25, -0.2) is 18.2 Å². The number of aromatic nitrogens is 3. The minimum atomic E-state index is -1.47. The summed E-state index contributed by atoms with van der Waals surface area (Å²) in [5.74, 6) is -4.69. The lowest BCUT2D eigenvalue weighted by Crippen LogP contribution is -2.17. The average molecular weight is 454 g/mol. The Morgan fingerprint density at radius 2 is 2.03 bits per heavy atom. The van der Waals surface area contributed by atoms with Crippen LogP contribution in [0.1, 0.15) is 35.2 Å². The molecule has 1 aliphatic carbocycles. The highest BCUT2D eigenvalue weighted by atomic mass is 19.2. The fraction of sp³-hybridized carbons (Fsp3) is 0.182. The van der Waals surface area contributed by atoms with Crippen molar-refractivity contribution >= 4 is 35.2 Å². The first-order valence-electron chi connectivity index (χ1n) is 10.1. The number of hydrogen-bond acceptors (Lipinski definition) is 5. The molecule has 3 aromatic rings. The first kappa shape index (κ1) is 20.7. The highest BCUT2D eigenvalue weighted by Crippen LogP contribution is 2.29. The molecule has 1 saturated heterocycles. The van der Waals surface area contributed by atoms with Gasteiger partial charge in [-0.3, -0.25) is 9.59 Å². The zero-order valence-electron chi connectivity index (χ0n) is 17.1. The number of rotatable bonds is 5. The van der Waals surface area contributed by atoms with E-state index in [4.69, 9.17) is 0 Å². The molecule has 0 spiro atoms.